The SMILES string of the molecule is COC1=C(CC=C(C)C)C(O)N(C)c2c(OC)cccc21. The highest BCUT2D eigenvalue weighted by atomic mass is 16.5. The average Bonchev–Trinajstić information content (AvgIpc) is 2.48. The molecule has 0 radical (unpaired) electrons. The molecule has 0 aromatic heterocycles. The number of aliphatic hydroxyl groups is 1. The van der Waals surface area contributed by atoms with Crippen LogP contribution in [-0.2, 0) is 4.74 Å². The van der Waals surface area contributed by atoms with Gasteiger partial charge in [0.1, 0.15) is 11.5 Å². The maximum Gasteiger partial charge on any atom is 0.153 e. The third-order valence-electron chi connectivity index (χ3n) is 3.72. The number of benzene rings is 1. The molecule has 114 valence electrons. The first-order valence-electron chi connectivity index (χ1n) is 7.00. The first kappa shape index (κ1) is 15.4. The van der Waals surface area contributed by atoms with Gasteiger partial charge in [-0.2, -0.15) is 0 Å². The molecule has 1 aliphatic rings. The molecule has 1 aliphatic heterocycles. The second kappa shape index (κ2) is 6.22. The van der Waals surface area contributed by atoms with Crippen molar-refractivity contribution in [3.8, 4) is 5.75 Å². The zero-order chi connectivity index (χ0) is 15.6. The molecule has 0 saturated heterocycles. The van der Waals surface area contributed by atoms with Gasteiger partial charge in [-0.15, -0.1) is 0 Å². The number of ether oxygens (including phenoxy) is 2. The van der Waals surface area contributed by atoms with E-state index in [4.69, 9.17) is 9.47 Å². The van der Waals surface area contributed by atoms with Crippen LogP contribution in [0.3, 0.4) is 0 Å². The smallest absolute Gasteiger partial charge is 0.153 e. The van der Waals surface area contributed by atoms with Crippen LogP contribution in [0, 0.1) is 0 Å². The number of para-hydroxylation sites is 1. The standard InChI is InChI=1S/C17H23NO3/c1-11(2)9-10-13-16(21-5)12-7-6-8-14(20-4)15(12)18(3)17(13)19/h6-9,17,19H,10H2,1-5H3. The molecule has 1 atom stereocenters. The van der Waals surface area contributed by atoms with Crippen molar-refractivity contribution in [2.24, 2.45) is 0 Å². The van der Waals surface area contributed by atoms with Gasteiger partial charge < -0.3 is 19.5 Å². The zero-order valence-corrected chi connectivity index (χ0v) is 13.3. The van der Waals surface area contributed by atoms with E-state index in [1.807, 2.05) is 44.0 Å². The molecule has 1 heterocycles. The highest BCUT2D eigenvalue weighted by Crippen LogP contribution is 2.43. The largest absolute Gasteiger partial charge is 0.496 e. The number of likely N-dealkylation sites (N-methyl/N-ethyl adjacent to an activating group) is 1. The Kier molecular flexibility index (Phi) is 4.58. The molecule has 0 bridgehead atoms. The Morgan fingerprint density at radius 2 is 2.00 bits per heavy atom. The van der Waals surface area contributed by atoms with Gasteiger partial charge in [-0.3, -0.25) is 0 Å². The fraction of sp³-hybridized carbons (Fsp3) is 0.412. The van der Waals surface area contributed by atoms with Gasteiger partial charge in [-0.25, -0.2) is 0 Å². The van der Waals surface area contributed by atoms with E-state index in [-0.39, 0.29) is 0 Å². The van der Waals surface area contributed by atoms with Crippen LogP contribution in [0.2, 0.25) is 0 Å². The predicted molar refractivity (Wildman–Crippen MR) is 85.4 cm³/mol. The summed E-state index contributed by atoms with van der Waals surface area (Å²) in [6.07, 6.45) is 2.03. The number of hydrogen-bond donors (Lipinski definition) is 1. The predicted octanol–water partition coefficient (Wildman–Crippen LogP) is 3.18. The lowest BCUT2D eigenvalue weighted by Gasteiger charge is -2.36. The molecular formula is C17H23NO3. The van der Waals surface area contributed by atoms with Gasteiger partial charge in [0.25, 0.3) is 0 Å². The van der Waals surface area contributed by atoms with Crippen LogP contribution in [0.1, 0.15) is 25.8 Å². The van der Waals surface area contributed by atoms with Crippen LogP contribution in [0.25, 0.3) is 5.76 Å². The summed E-state index contributed by atoms with van der Waals surface area (Å²) < 4.78 is 11.0. The van der Waals surface area contributed by atoms with E-state index in [0.717, 1.165) is 28.3 Å². The van der Waals surface area contributed by atoms with Gasteiger partial charge >= 0.3 is 0 Å². The summed E-state index contributed by atoms with van der Waals surface area (Å²) >= 11 is 0. The van der Waals surface area contributed by atoms with Gasteiger partial charge in [0.15, 0.2) is 6.23 Å². The lowest BCUT2D eigenvalue weighted by molar-refractivity contribution is 0.200. The molecule has 1 aromatic carbocycles. The number of methoxy groups -OCH3 is 2. The summed E-state index contributed by atoms with van der Waals surface area (Å²) in [4.78, 5) is 1.82. The molecule has 4 heteroatoms. The lowest BCUT2D eigenvalue weighted by Crippen LogP contribution is -2.37. The second-order valence-corrected chi connectivity index (χ2v) is 5.39. The Morgan fingerprint density at radius 1 is 1.29 bits per heavy atom. The van der Waals surface area contributed by atoms with Gasteiger partial charge in [0.05, 0.1) is 19.9 Å². The number of nitrogens with zero attached hydrogens (tertiary/aromatic N) is 1. The van der Waals surface area contributed by atoms with Gasteiger partial charge in [0, 0.05) is 18.2 Å². The molecule has 1 unspecified atom stereocenters. The minimum Gasteiger partial charge on any atom is -0.496 e. The van der Waals surface area contributed by atoms with E-state index in [1.54, 1.807) is 14.2 Å². The molecule has 0 amide bonds. The van der Waals surface area contributed by atoms with Crippen molar-refractivity contribution in [2.75, 3.05) is 26.2 Å². The van der Waals surface area contributed by atoms with Gasteiger partial charge in [0.2, 0.25) is 0 Å². The monoisotopic (exact) mass is 289 g/mol. The van der Waals surface area contributed by atoms with Crippen LogP contribution < -0.4 is 9.64 Å². The summed E-state index contributed by atoms with van der Waals surface area (Å²) in [5.74, 6) is 1.46. The molecule has 0 saturated carbocycles. The summed E-state index contributed by atoms with van der Waals surface area (Å²) in [6.45, 7) is 4.09. The van der Waals surface area contributed by atoms with E-state index in [1.165, 1.54) is 5.57 Å². The molecule has 0 spiro atoms. The minimum absolute atomic E-state index is 0.660. The van der Waals surface area contributed by atoms with Gasteiger partial charge in [-0.05, 0) is 32.4 Å². The zero-order valence-electron chi connectivity index (χ0n) is 13.3. The van der Waals surface area contributed by atoms with E-state index in [9.17, 15) is 5.11 Å². The lowest BCUT2D eigenvalue weighted by atomic mass is 9.96. The number of rotatable bonds is 4. The van der Waals surface area contributed by atoms with Crippen molar-refractivity contribution < 1.29 is 14.6 Å². The molecule has 0 aliphatic carbocycles. The maximum absolute atomic E-state index is 10.6. The summed E-state index contributed by atoms with van der Waals surface area (Å²) in [5, 5.41) is 10.6. The number of hydrogen-bond acceptors (Lipinski definition) is 4. The van der Waals surface area contributed by atoms with E-state index < -0.39 is 6.23 Å². The van der Waals surface area contributed by atoms with Crippen molar-refractivity contribution in [1.29, 1.82) is 0 Å². The summed E-state index contributed by atoms with van der Waals surface area (Å²) in [7, 11) is 5.13. The number of aliphatic hydroxyl groups excluding tert-OH is 1. The minimum atomic E-state index is -0.723. The molecule has 2 rings (SSSR count). The molecule has 0 fully saturated rings. The first-order chi connectivity index (χ1) is 10.0. The molecule has 4 nitrogen and oxygen atoms in total. The van der Waals surface area contributed by atoms with E-state index in [2.05, 4.69) is 6.08 Å². The highest BCUT2D eigenvalue weighted by Gasteiger charge is 2.32. The Bertz CT molecular complexity index is 586. The van der Waals surface area contributed by atoms with Crippen molar-refractivity contribution in [1.82, 2.24) is 0 Å². The van der Waals surface area contributed by atoms with Crippen LogP contribution >= 0.6 is 0 Å². The van der Waals surface area contributed by atoms with Crippen LogP contribution in [0.5, 0.6) is 5.75 Å². The Morgan fingerprint density at radius 3 is 2.57 bits per heavy atom. The second-order valence-electron chi connectivity index (χ2n) is 5.39. The fourth-order valence-corrected chi connectivity index (χ4v) is 2.63. The van der Waals surface area contributed by atoms with E-state index >= 15 is 0 Å². The van der Waals surface area contributed by atoms with Crippen LogP contribution in [-0.4, -0.2) is 32.6 Å². The third-order valence-corrected chi connectivity index (χ3v) is 3.72. The maximum atomic E-state index is 10.6. The summed E-state index contributed by atoms with van der Waals surface area (Å²) in [5.41, 5.74) is 3.87. The van der Waals surface area contributed by atoms with Crippen molar-refractivity contribution in [2.45, 2.75) is 26.5 Å². The summed E-state index contributed by atoms with van der Waals surface area (Å²) in [6, 6.07) is 5.80. The molecular weight excluding hydrogens is 266 g/mol. The van der Waals surface area contributed by atoms with Crippen LogP contribution in [0.15, 0.2) is 35.4 Å². The Balaban J connectivity index is 2.62. The third kappa shape index (κ3) is 2.76. The van der Waals surface area contributed by atoms with Crippen LogP contribution in [0.4, 0.5) is 5.69 Å². The van der Waals surface area contributed by atoms with E-state index in [0.29, 0.717) is 6.42 Å². The van der Waals surface area contributed by atoms with Gasteiger partial charge in [-0.1, -0.05) is 17.7 Å². The molecule has 1 N–H and O–H groups in total. The van der Waals surface area contributed by atoms with Crippen molar-refractivity contribution >= 4 is 11.4 Å². The molecule has 1 aromatic rings. The highest BCUT2D eigenvalue weighted by molar-refractivity contribution is 5.83. The normalized spacial score (nSPS) is 17.4. The number of allylic oxidation sites excluding steroid dienone is 2. The fourth-order valence-electron chi connectivity index (χ4n) is 2.63. The quantitative estimate of drug-likeness (QED) is 0.864. The topological polar surface area (TPSA) is 41.9 Å². The van der Waals surface area contributed by atoms with Crippen molar-refractivity contribution in [3.05, 3.63) is 41.0 Å². The average molecular weight is 289 g/mol. The first-order valence-corrected chi connectivity index (χ1v) is 7.00. The Labute approximate surface area is 126 Å². The Hall–Kier alpha value is -1.94. The number of anilines is 1. The van der Waals surface area contributed by atoms with Crippen molar-refractivity contribution in [3.63, 3.8) is 0 Å². The number of fused-ring (bicyclic) bond motifs is 1. The molecule has 21 heavy (non-hydrogen) atoms.